The number of pyridine rings is 1. The molecule has 9 heteroatoms. The van der Waals surface area contributed by atoms with Crippen molar-refractivity contribution in [3.8, 4) is 5.75 Å². The van der Waals surface area contributed by atoms with Crippen LogP contribution in [0.3, 0.4) is 0 Å². The first kappa shape index (κ1) is 13.6. The van der Waals surface area contributed by atoms with Gasteiger partial charge in [-0.05, 0) is 6.92 Å². The number of phosphoric ester groups is 1. The molecule has 4 N–H and O–H groups in total. The van der Waals surface area contributed by atoms with Gasteiger partial charge < -0.3 is 14.7 Å². The number of aromatic hydroxyl groups is 1. The predicted molar refractivity (Wildman–Crippen MR) is 54.0 cm³/mol. The van der Waals surface area contributed by atoms with E-state index in [1.807, 2.05) is 0 Å². The highest BCUT2D eigenvalue weighted by atomic mass is 31.2. The van der Waals surface area contributed by atoms with Crippen LogP contribution in [0.5, 0.6) is 5.75 Å². The topological polar surface area (TPSA) is 137 Å². The van der Waals surface area contributed by atoms with E-state index in [9.17, 15) is 14.5 Å². The van der Waals surface area contributed by atoms with Gasteiger partial charge in [0.1, 0.15) is 5.56 Å². The van der Waals surface area contributed by atoms with Crippen LogP contribution in [-0.2, 0) is 15.7 Å². The number of aliphatic hydroxyl groups excluding tert-OH is 1. The van der Waals surface area contributed by atoms with Crippen molar-refractivity contribution in [3.05, 3.63) is 23.0 Å². The summed E-state index contributed by atoms with van der Waals surface area (Å²) in [6, 6.07) is 0. The Hall–Kier alpha value is -1.47. The highest BCUT2D eigenvalue weighted by Crippen LogP contribution is 2.38. The number of phosphoric acid groups is 1. The fourth-order valence-electron chi connectivity index (χ4n) is 1.13. The van der Waals surface area contributed by atoms with Crippen molar-refractivity contribution in [2.75, 3.05) is 0 Å². The summed E-state index contributed by atoms with van der Waals surface area (Å²) in [6.45, 7) is 0.747. The van der Waals surface area contributed by atoms with Gasteiger partial charge in [0.15, 0.2) is 5.75 Å². The van der Waals surface area contributed by atoms with Gasteiger partial charge in [0.25, 0.3) is 0 Å². The van der Waals surface area contributed by atoms with Gasteiger partial charge in [-0.3, -0.25) is 14.8 Å². The number of rotatable bonds is 3. The Morgan fingerprint density at radius 2 is 2.12 bits per heavy atom. The van der Waals surface area contributed by atoms with E-state index in [4.69, 9.17) is 14.9 Å². The van der Waals surface area contributed by atoms with Crippen LogP contribution in [0.15, 0.2) is 6.20 Å². The van der Waals surface area contributed by atoms with Crippen molar-refractivity contribution in [2.24, 2.45) is 0 Å². The molecule has 0 fully saturated rings. The van der Waals surface area contributed by atoms with E-state index < -0.39 is 31.7 Å². The maximum Gasteiger partial charge on any atom is 0.527 e. The molecule has 0 amide bonds. The van der Waals surface area contributed by atoms with Crippen molar-refractivity contribution < 1.29 is 33.9 Å². The van der Waals surface area contributed by atoms with E-state index in [2.05, 4.69) is 9.51 Å². The molecular weight excluding hydrogens is 253 g/mol. The molecule has 0 saturated heterocycles. The normalized spacial score (nSPS) is 11.3. The van der Waals surface area contributed by atoms with Gasteiger partial charge in [-0.2, -0.15) is 0 Å². The van der Waals surface area contributed by atoms with E-state index in [0.717, 1.165) is 6.20 Å². The number of carbonyl (C=O) groups is 1. The first-order valence-corrected chi connectivity index (χ1v) is 5.87. The SMILES string of the molecule is Cc1ncc(CO)c(C(=O)OP(=O)(O)O)c1O. The van der Waals surface area contributed by atoms with E-state index >= 15 is 0 Å². The number of hydrogen-bond donors (Lipinski definition) is 4. The van der Waals surface area contributed by atoms with Crippen LogP contribution >= 0.6 is 7.82 Å². The molecule has 17 heavy (non-hydrogen) atoms. The lowest BCUT2D eigenvalue weighted by atomic mass is 10.1. The Labute approximate surface area is 95.7 Å². The molecule has 0 unspecified atom stereocenters. The quantitative estimate of drug-likeness (QED) is 0.552. The number of carbonyl (C=O) groups excluding carboxylic acids is 1. The average Bonchev–Trinajstić information content (AvgIpc) is 2.19. The molecule has 0 aliphatic carbocycles. The Bertz CT molecular complexity index is 495. The highest BCUT2D eigenvalue weighted by molar-refractivity contribution is 7.46. The van der Waals surface area contributed by atoms with Gasteiger partial charge >= 0.3 is 13.8 Å². The maximum absolute atomic E-state index is 11.4. The molecule has 0 radical (unpaired) electrons. The number of aromatic nitrogens is 1. The van der Waals surface area contributed by atoms with Crippen molar-refractivity contribution in [3.63, 3.8) is 0 Å². The summed E-state index contributed by atoms with van der Waals surface area (Å²) in [6.07, 6.45) is 1.10. The minimum absolute atomic E-state index is 0.0693. The summed E-state index contributed by atoms with van der Waals surface area (Å²) in [5, 5.41) is 18.5. The summed E-state index contributed by atoms with van der Waals surface area (Å²) in [4.78, 5) is 32.0. The molecule has 1 aromatic heterocycles. The Morgan fingerprint density at radius 1 is 1.53 bits per heavy atom. The Balaban J connectivity index is 3.24. The number of hydrogen-bond acceptors (Lipinski definition) is 6. The largest absolute Gasteiger partial charge is 0.527 e. The molecule has 0 aliphatic rings. The van der Waals surface area contributed by atoms with Crippen molar-refractivity contribution in [1.29, 1.82) is 0 Å². The zero-order valence-corrected chi connectivity index (χ0v) is 9.59. The van der Waals surface area contributed by atoms with Gasteiger partial charge in [0.2, 0.25) is 0 Å². The summed E-state index contributed by atoms with van der Waals surface area (Å²) < 4.78 is 14.3. The van der Waals surface area contributed by atoms with Crippen LogP contribution < -0.4 is 0 Å². The smallest absolute Gasteiger partial charge is 0.505 e. The van der Waals surface area contributed by atoms with Crippen LogP contribution in [-0.4, -0.2) is 31.0 Å². The maximum atomic E-state index is 11.4. The third-order valence-corrected chi connectivity index (χ3v) is 2.29. The summed E-state index contributed by atoms with van der Waals surface area (Å²) in [5.41, 5.74) is -0.533. The average molecular weight is 263 g/mol. The van der Waals surface area contributed by atoms with Crippen molar-refractivity contribution in [2.45, 2.75) is 13.5 Å². The van der Waals surface area contributed by atoms with E-state index in [1.54, 1.807) is 0 Å². The third-order valence-electron chi connectivity index (χ3n) is 1.89. The van der Waals surface area contributed by atoms with Crippen molar-refractivity contribution in [1.82, 2.24) is 4.98 Å². The lowest BCUT2D eigenvalue weighted by Crippen LogP contribution is -2.09. The van der Waals surface area contributed by atoms with Crippen LogP contribution in [0.25, 0.3) is 0 Å². The minimum Gasteiger partial charge on any atom is -0.505 e. The molecule has 8 nitrogen and oxygen atoms in total. The van der Waals surface area contributed by atoms with Crippen LogP contribution in [0, 0.1) is 6.92 Å². The third kappa shape index (κ3) is 3.24. The molecule has 94 valence electrons. The predicted octanol–water partition coefficient (Wildman–Crippen LogP) is -0.163. The van der Waals surface area contributed by atoms with Crippen LogP contribution in [0.2, 0.25) is 0 Å². The number of aryl methyl sites for hydroxylation is 1. The first-order chi connectivity index (χ1) is 7.76. The molecule has 0 saturated carbocycles. The lowest BCUT2D eigenvalue weighted by molar-refractivity contribution is 0.0671. The van der Waals surface area contributed by atoms with Gasteiger partial charge in [-0.25, -0.2) is 9.36 Å². The van der Waals surface area contributed by atoms with Crippen molar-refractivity contribution >= 4 is 13.8 Å². The van der Waals surface area contributed by atoms with E-state index in [0.29, 0.717) is 0 Å². The number of nitrogens with zero attached hydrogens (tertiary/aromatic N) is 1. The van der Waals surface area contributed by atoms with Gasteiger partial charge in [-0.1, -0.05) is 0 Å². The first-order valence-electron chi connectivity index (χ1n) is 4.34. The fraction of sp³-hybridized carbons (Fsp3) is 0.250. The Morgan fingerprint density at radius 3 is 2.59 bits per heavy atom. The molecule has 0 aliphatic heterocycles. The highest BCUT2D eigenvalue weighted by Gasteiger charge is 2.27. The second kappa shape index (κ2) is 4.80. The molecule has 0 spiro atoms. The molecule has 1 aromatic rings. The molecule has 1 heterocycles. The molecular formula is C8H10NO7P. The molecule has 0 aromatic carbocycles. The standard InChI is InChI=1S/C8H10NO7P/c1-4-7(11)6(5(3-10)2-9-4)8(12)16-17(13,14)15/h2,10-11H,3H2,1H3,(H2,13,14,15). The summed E-state index contributed by atoms with van der Waals surface area (Å²) >= 11 is 0. The Kier molecular flexibility index (Phi) is 3.84. The van der Waals surface area contributed by atoms with Gasteiger partial charge in [0, 0.05) is 11.8 Å². The van der Waals surface area contributed by atoms with Gasteiger partial charge in [0.05, 0.1) is 12.3 Å². The van der Waals surface area contributed by atoms with Gasteiger partial charge in [-0.15, -0.1) is 0 Å². The summed E-state index contributed by atoms with van der Waals surface area (Å²) in [5.74, 6) is -2.01. The second-order valence-corrected chi connectivity index (χ2v) is 4.28. The molecule has 0 bridgehead atoms. The molecule has 1 rings (SSSR count). The summed E-state index contributed by atoms with van der Waals surface area (Å²) in [7, 11) is -5.02. The van der Waals surface area contributed by atoms with Crippen LogP contribution in [0.4, 0.5) is 0 Å². The zero-order valence-electron chi connectivity index (χ0n) is 8.69. The number of aliphatic hydroxyl groups is 1. The van der Waals surface area contributed by atoms with Crippen LogP contribution in [0.1, 0.15) is 21.6 Å². The fourth-order valence-corrected chi connectivity index (χ4v) is 1.44. The lowest BCUT2D eigenvalue weighted by Gasteiger charge is -2.11. The zero-order chi connectivity index (χ0) is 13.2. The van der Waals surface area contributed by atoms with E-state index in [-0.39, 0.29) is 11.3 Å². The van der Waals surface area contributed by atoms with E-state index in [1.165, 1.54) is 6.92 Å². The molecule has 0 atom stereocenters. The second-order valence-electron chi connectivity index (χ2n) is 3.12. The monoisotopic (exact) mass is 263 g/mol. The minimum atomic E-state index is -5.02.